The zero-order valence-corrected chi connectivity index (χ0v) is 16.2. The number of H-pyrrole nitrogens is 1. The molecule has 0 bridgehead atoms. The van der Waals surface area contributed by atoms with Crippen LogP contribution >= 0.6 is 0 Å². The number of hydrogen-bond acceptors (Lipinski definition) is 4. The average Bonchev–Trinajstić information content (AvgIpc) is 3.21. The molecule has 0 saturated carbocycles. The smallest absolute Gasteiger partial charge is 0.277 e. The lowest BCUT2D eigenvalue weighted by atomic mass is 9.90. The van der Waals surface area contributed by atoms with Gasteiger partial charge in [0.1, 0.15) is 5.76 Å². The third kappa shape index (κ3) is 2.84. The van der Waals surface area contributed by atoms with E-state index in [2.05, 4.69) is 42.2 Å². The molecule has 1 atom stereocenters. The molecule has 1 amide bonds. The van der Waals surface area contributed by atoms with E-state index in [1.165, 1.54) is 10.9 Å². The Morgan fingerprint density at radius 1 is 1.41 bits per heavy atom. The van der Waals surface area contributed by atoms with Crippen LogP contribution in [0.5, 0.6) is 0 Å². The Kier molecular flexibility index (Phi) is 4.52. The van der Waals surface area contributed by atoms with Crippen LogP contribution in [0.1, 0.15) is 53.0 Å². The van der Waals surface area contributed by atoms with Gasteiger partial charge in [0.25, 0.3) is 5.91 Å². The fraction of sp³-hybridized carbons (Fsp3) is 0.429. The van der Waals surface area contributed by atoms with E-state index in [4.69, 9.17) is 9.26 Å². The number of nitrogens with zero attached hydrogens (tertiary/aromatic N) is 2. The van der Waals surface area contributed by atoms with Gasteiger partial charge in [-0.1, -0.05) is 37.2 Å². The number of methoxy groups -OCH3 is 1. The average molecular weight is 367 g/mol. The molecule has 0 aliphatic carbocycles. The van der Waals surface area contributed by atoms with E-state index in [-0.39, 0.29) is 17.9 Å². The van der Waals surface area contributed by atoms with Crippen molar-refractivity contribution < 1.29 is 14.1 Å². The van der Waals surface area contributed by atoms with Crippen molar-refractivity contribution in [3.05, 3.63) is 52.5 Å². The van der Waals surface area contributed by atoms with E-state index >= 15 is 0 Å². The Labute approximate surface area is 158 Å². The summed E-state index contributed by atoms with van der Waals surface area (Å²) in [4.78, 5) is 18.9. The van der Waals surface area contributed by atoms with E-state index < -0.39 is 0 Å². The number of ether oxygens (including phenoxy) is 1. The summed E-state index contributed by atoms with van der Waals surface area (Å²) in [7, 11) is 1.61. The van der Waals surface area contributed by atoms with Gasteiger partial charge in [-0.15, -0.1) is 0 Å². The fourth-order valence-electron chi connectivity index (χ4n) is 4.20. The van der Waals surface area contributed by atoms with Crippen molar-refractivity contribution in [1.29, 1.82) is 0 Å². The molecule has 3 heterocycles. The summed E-state index contributed by atoms with van der Waals surface area (Å²) >= 11 is 0. The Hall–Kier alpha value is -2.60. The molecule has 3 aromatic rings. The molecule has 142 valence electrons. The summed E-state index contributed by atoms with van der Waals surface area (Å²) in [5.74, 6) is 0.798. The number of carbonyl (C=O) groups excluding carboxylic acids is 1. The number of para-hydroxylation sites is 1. The molecule has 6 nitrogen and oxygen atoms in total. The minimum absolute atomic E-state index is 0.0268. The summed E-state index contributed by atoms with van der Waals surface area (Å²) < 4.78 is 10.5. The van der Waals surface area contributed by atoms with Gasteiger partial charge in [0, 0.05) is 30.3 Å². The van der Waals surface area contributed by atoms with Gasteiger partial charge >= 0.3 is 0 Å². The fourth-order valence-corrected chi connectivity index (χ4v) is 4.20. The van der Waals surface area contributed by atoms with Crippen LogP contribution in [-0.2, 0) is 17.8 Å². The predicted molar refractivity (Wildman–Crippen MR) is 103 cm³/mol. The van der Waals surface area contributed by atoms with Crippen molar-refractivity contribution in [1.82, 2.24) is 15.0 Å². The van der Waals surface area contributed by atoms with Gasteiger partial charge in [-0.25, -0.2) is 0 Å². The maximum Gasteiger partial charge on any atom is 0.277 e. The van der Waals surface area contributed by atoms with Gasteiger partial charge in [0.05, 0.1) is 18.2 Å². The molecular weight excluding hydrogens is 342 g/mol. The highest BCUT2D eigenvalue weighted by molar-refractivity contribution is 5.95. The van der Waals surface area contributed by atoms with Gasteiger partial charge in [-0.2, -0.15) is 0 Å². The lowest BCUT2D eigenvalue weighted by molar-refractivity contribution is 0.0584. The second-order valence-electron chi connectivity index (χ2n) is 7.50. The Morgan fingerprint density at radius 3 is 2.93 bits per heavy atom. The molecule has 4 rings (SSSR count). The lowest BCUT2D eigenvalue weighted by Crippen LogP contribution is -2.42. The molecule has 0 radical (unpaired) electrons. The molecule has 1 aromatic carbocycles. The third-order valence-corrected chi connectivity index (χ3v) is 5.45. The van der Waals surface area contributed by atoms with E-state index in [9.17, 15) is 4.79 Å². The first-order valence-electron chi connectivity index (χ1n) is 9.37. The normalized spacial score (nSPS) is 16.9. The number of benzene rings is 1. The van der Waals surface area contributed by atoms with E-state index in [1.807, 2.05) is 17.9 Å². The highest BCUT2D eigenvalue weighted by atomic mass is 16.5. The number of hydrogen-bond donors (Lipinski definition) is 1. The topological polar surface area (TPSA) is 71.4 Å². The monoisotopic (exact) mass is 367 g/mol. The number of rotatable bonds is 4. The molecule has 1 aliphatic rings. The molecule has 6 heteroatoms. The van der Waals surface area contributed by atoms with Crippen molar-refractivity contribution in [3.8, 4) is 0 Å². The van der Waals surface area contributed by atoms with Gasteiger partial charge in [-0.05, 0) is 30.9 Å². The molecule has 1 aliphatic heterocycles. The van der Waals surface area contributed by atoms with Crippen LogP contribution in [-0.4, -0.2) is 34.6 Å². The summed E-state index contributed by atoms with van der Waals surface area (Å²) in [6, 6.07) is 8.31. The van der Waals surface area contributed by atoms with Crippen molar-refractivity contribution in [2.45, 2.75) is 39.8 Å². The largest absolute Gasteiger partial charge is 0.380 e. The predicted octanol–water partition coefficient (Wildman–Crippen LogP) is 4.01. The molecule has 27 heavy (non-hydrogen) atoms. The van der Waals surface area contributed by atoms with E-state index in [0.717, 1.165) is 23.2 Å². The van der Waals surface area contributed by atoms with Crippen LogP contribution in [0.2, 0.25) is 0 Å². The molecule has 0 saturated heterocycles. The Morgan fingerprint density at radius 2 is 2.19 bits per heavy atom. The third-order valence-electron chi connectivity index (χ3n) is 5.45. The minimum Gasteiger partial charge on any atom is -0.380 e. The van der Waals surface area contributed by atoms with Crippen molar-refractivity contribution in [3.63, 3.8) is 0 Å². The van der Waals surface area contributed by atoms with Crippen LogP contribution in [0.3, 0.4) is 0 Å². The first kappa shape index (κ1) is 17.8. The van der Waals surface area contributed by atoms with Crippen LogP contribution in [0.15, 0.2) is 28.8 Å². The van der Waals surface area contributed by atoms with Crippen LogP contribution in [0, 0.1) is 12.8 Å². The summed E-state index contributed by atoms with van der Waals surface area (Å²) in [5, 5.41) is 5.30. The maximum absolute atomic E-state index is 13.4. The van der Waals surface area contributed by atoms with Crippen LogP contribution in [0.4, 0.5) is 0 Å². The van der Waals surface area contributed by atoms with Crippen LogP contribution < -0.4 is 0 Å². The molecule has 0 fully saturated rings. The molecule has 0 spiro atoms. The number of nitrogens with one attached hydrogen (secondary N) is 1. The van der Waals surface area contributed by atoms with Crippen molar-refractivity contribution in [2.75, 3.05) is 13.7 Å². The van der Waals surface area contributed by atoms with E-state index in [0.29, 0.717) is 24.6 Å². The van der Waals surface area contributed by atoms with Gasteiger partial charge in [0.15, 0.2) is 5.69 Å². The zero-order chi connectivity index (χ0) is 19.1. The number of carbonyl (C=O) groups is 1. The Bertz CT molecular complexity index is 986. The van der Waals surface area contributed by atoms with Crippen LogP contribution in [0.25, 0.3) is 10.9 Å². The second-order valence-corrected chi connectivity index (χ2v) is 7.50. The van der Waals surface area contributed by atoms with Crippen molar-refractivity contribution >= 4 is 16.8 Å². The molecule has 1 N–H and O–H groups in total. The van der Waals surface area contributed by atoms with Crippen molar-refractivity contribution in [2.24, 2.45) is 5.92 Å². The summed E-state index contributed by atoms with van der Waals surface area (Å²) in [6.07, 6.45) is 0.824. The first-order valence-corrected chi connectivity index (χ1v) is 9.37. The number of aryl methyl sites for hydroxylation is 1. The number of aromatic nitrogens is 2. The van der Waals surface area contributed by atoms with E-state index in [1.54, 1.807) is 7.11 Å². The number of aromatic amines is 1. The van der Waals surface area contributed by atoms with Gasteiger partial charge < -0.3 is 19.1 Å². The molecule has 2 aromatic heterocycles. The zero-order valence-electron chi connectivity index (χ0n) is 16.2. The standard InChI is InChI=1S/C21H25N3O3/c1-12(2)20-18-15(14-7-5-6-8-17(14)22-18)9-10-24(20)21(25)19-16(11-26-4)13(3)27-23-19/h5-8,12,20,22H,9-11H2,1-4H3. The lowest BCUT2D eigenvalue weighted by Gasteiger charge is -2.38. The Balaban J connectivity index is 1.76. The summed E-state index contributed by atoms with van der Waals surface area (Å²) in [5.41, 5.74) is 4.67. The maximum atomic E-state index is 13.4. The quantitative estimate of drug-likeness (QED) is 0.756. The SMILES string of the molecule is COCc1c(C(=O)N2CCc3c([nH]c4ccccc34)C2C(C)C)noc1C. The van der Waals surface area contributed by atoms with Gasteiger partial charge in [0.2, 0.25) is 0 Å². The molecule has 1 unspecified atom stereocenters. The highest BCUT2D eigenvalue weighted by Crippen LogP contribution is 2.39. The highest BCUT2D eigenvalue weighted by Gasteiger charge is 2.37. The number of fused-ring (bicyclic) bond motifs is 3. The number of amides is 1. The van der Waals surface area contributed by atoms with Gasteiger partial charge in [-0.3, -0.25) is 4.79 Å². The first-order chi connectivity index (χ1) is 13.0. The molecular formula is C21H25N3O3. The summed E-state index contributed by atoms with van der Waals surface area (Å²) in [6.45, 7) is 7.08. The minimum atomic E-state index is -0.0955. The second kappa shape index (κ2) is 6.85.